The normalized spacial score (nSPS) is 10.0. The first kappa shape index (κ1) is 10.4. The van der Waals surface area contributed by atoms with Crippen molar-refractivity contribution in [2.75, 3.05) is 0 Å². The Morgan fingerprint density at radius 3 is 1.17 bits per heavy atom. The van der Waals surface area contributed by atoms with E-state index in [1.165, 1.54) is 0 Å². The van der Waals surface area contributed by atoms with E-state index < -0.39 is 6.36 Å². The van der Waals surface area contributed by atoms with Crippen molar-refractivity contribution in [2.45, 2.75) is 6.36 Å². The van der Waals surface area contributed by atoms with Crippen molar-refractivity contribution in [1.82, 2.24) is 0 Å². The quantitative estimate of drug-likeness (QED) is 0.313. The van der Waals surface area contributed by atoms with Crippen LogP contribution in [0.2, 0.25) is 0 Å². The van der Waals surface area contributed by atoms with E-state index in [2.05, 4.69) is 0 Å². The molecule has 0 rings (SSSR count). The van der Waals surface area contributed by atoms with Gasteiger partial charge in [-0.15, -0.1) is 0 Å². The van der Waals surface area contributed by atoms with Gasteiger partial charge in [-0.1, -0.05) is 0 Å². The summed E-state index contributed by atoms with van der Waals surface area (Å²) in [5.74, 6) is 0. The maximum atomic E-state index is 9.80. The first-order valence-electron chi connectivity index (χ1n) is 0.771. The van der Waals surface area contributed by atoms with Gasteiger partial charge < -0.3 is 5.11 Å². The average molecular weight is 124 g/mol. The Balaban J connectivity index is 0. The van der Waals surface area contributed by atoms with Gasteiger partial charge in [-0.05, 0) is 0 Å². The second-order valence-electron chi connectivity index (χ2n) is 0.446. The van der Waals surface area contributed by atoms with Gasteiger partial charge in [0.15, 0.2) is 0 Å². The predicted octanol–water partition coefficient (Wildman–Crippen LogP) is -3.13. The first-order valence-corrected chi connectivity index (χ1v) is 0.771. The third kappa shape index (κ3) is 53.9. The van der Waals surface area contributed by atoms with Gasteiger partial charge in [-0.2, -0.15) is 13.2 Å². The molecule has 0 aromatic rings. The second kappa shape index (κ2) is 3.40. The Hall–Kier alpha value is 1.39. The zero-order valence-electron chi connectivity index (χ0n) is 3.04. The first-order chi connectivity index (χ1) is 2.00. The fourth-order valence-electron chi connectivity index (χ4n) is 0. The zero-order valence-corrected chi connectivity index (χ0v) is 6.17. The standard InChI is InChI=1S/CF3O.K/c2-1(3,4)5;/q-1;+1. The van der Waals surface area contributed by atoms with Gasteiger partial charge in [0.05, 0.1) is 0 Å². The molecule has 0 fully saturated rings. The summed E-state index contributed by atoms with van der Waals surface area (Å²) in [6, 6.07) is 0. The van der Waals surface area contributed by atoms with Crippen LogP contribution >= 0.6 is 0 Å². The van der Waals surface area contributed by atoms with Crippen molar-refractivity contribution in [1.29, 1.82) is 0 Å². The van der Waals surface area contributed by atoms with Crippen LogP contribution in [-0.4, -0.2) is 6.36 Å². The molecule has 0 aliphatic heterocycles. The van der Waals surface area contributed by atoms with Crippen molar-refractivity contribution >= 4 is 0 Å². The topological polar surface area (TPSA) is 23.1 Å². The van der Waals surface area contributed by atoms with Crippen molar-refractivity contribution in [2.24, 2.45) is 0 Å². The Kier molecular flexibility index (Phi) is 5.88. The van der Waals surface area contributed by atoms with Crippen LogP contribution in [0, 0.1) is 0 Å². The molecule has 1 nitrogen and oxygen atoms in total. The Morgan fingerprint density at radius 2 is 1.17 bits per heavy atom. The average Bonchev–Trinajstić information content (AvgIpc) is 0.722. The number of halogens is 3. The van der Waals surface area contributed by atoms with Gasteiger partial charge in [-0.3, -0.25) is 0 Å². The van der Waals surface area contributed by atoms with Crippen LogP contribution in [0.15, 0.2) is 0 Å². The molecule has 0 atom stereocenters. The molecular formula is CF3KO. The van der Waals surface area contributed by atoms with E-state index in [0.717, 1.165) is 0 Å². The van der Waals surface area contributed by atoms with E-state index >= 15 is 0 Å². The van der Waals surface area contributed by atoms with E-state index in [1.807, 2.05) is 0 Å². The smallest absolute Gasteiger partial charge is 0.771 e. The van der Waals surface area contributed by atoms with E-state index in [1.54, 1.807) is 0 Å². The molecule has 6 heavy (non-hydrogen) atoms. The summed E-state index contributed by atoms with van der Waals surface area (Å²) < 4.78 is 29.4. The molecule has 0 aliphatic rings. The SMILES string of the molecule is [K+].[O-]C(F)(F)F. The molecule has 0 aromatic heterocycles. The van der Waals surface area contributed by atoms with E-state index in [-0.39, 0.29) is 51.4 Å². The summed E-state index contributed by atoms with van der Waals surface area (Å²) in [5, 5.41) is 8.10. The van der Waals surface area contributed by atoms with Gasteiger partial charge in [0.25, 0.3) is 0 Å². The molecule has 0 radical (unpaired) electrons. The van der Waals surface area contributed by atoms with Crippen LogP contribution in [-0.2, 0) is 0 Å². The molecule has 0 N–H and O–H groups in total. The molecule has 0 heterocycles. The number of alkyl halides is 3. The van der Waals surface area contributed by atoms with Gasteiger partial charge >= 0.3 is 57.7 Å². The summed E-state index contributed by atoms with van der Waals surface area (Å²) in [7, 11) is 0. The molecule has 32 valence electrons. The molecule has 0 aliphatic carbocycles. The van der Waals surface area contributed by atoms with Gasteiger partial charge in [0.1, 0.15) is 0 Å². The monoisotopic (exact) mass is 124 g/mol. The minimum absolute atomic E-state index is 0. The van der Waals surface area contributed by atoms with Crippen molar-refractivity contribution in [3.05, 3.63) is 0 Å². The molecule has 0 saturated carbocycles. The van der Waals surface area contributed by atoms with Crippen LogP contribution < -0.4 is 56.5 Å². The minimum atomic E-state index is -5.25. The minimum Gasteiger partial charge on any atom is -0.771 e. The van der Waals surface area contributed by atoms with Crippen LogP contribution in [0.5, 0.6) is 0 Å². The number of rotatable bonds is 0. The van der Waals surface area contributed by atoms with Crippen LogP contribution in [0.25, 0.3) is 0 Å². The third-order valence-electron chi connectivity index (χ3n) is 0. The molecule has 0 saturated heterocycles. The van der Waals surface area contributed by atoms with Crippen LogP contribution in [0.4, 0.5) is 13.2 Å². The maximum absolute atomic E-state index is 9.80. The summed E-state index contributed by atoms with van der Waals surface area (Å²) in [4.78, 5) is 0. The summed E-state index contributed by atoms with van der Waals surface area (Å²) in [5.41, 5.74) is 0. The molecule has 0 aromatic carbocycles. The molecule has 0 amide bonds. The number of hydrogen-bond donors (Lipinski definition) is 0. The van der Waals surface area contributed by atoms with E-state index in [0.29, 0.717) is 0 Å². The molecule has 0 bridgehead atoms. The molecule has 0 unspecified atom stereocenters. The summed E-state index contributed by atoms with van der Waals surface area (Å²) in [6.45, 7) is 0. The van der Waals surface area contributed by atoms with Gasteiger partial charge in [0.2, 0.25) is 0 Å². The van der Waals surface area contributed by atoms with Crippen LogP contribution in [0.1, 0.15) is 0 Å². The molecule has 0 spiro atoms. The predicted molar refractivity (Wildman–Crippen MR) is 6.05 cm³/mol. The van der Waals surface area contributed by atoms with E-state index in [4.69, 9.17) is 5.11 Å². The largest absolute Gasteiger partial charge is 1.00 e. The van der Waals surface area contributed by atoms with Gasteiger partial charge in [0, 0.05) is 0 Å². The van der Waals surface area contributed by atoms with Crippen molar-refractivity contribution in [3.8, 4) is 0 Å². The summed E-state index contributed by atoms with van der Waals surface area (Å²) in [6.07, 6.45) is -5.25. The third-order valence-corrected chi connectivity index (χ3v) is 0. The Labute approximate surface area is 75.0 Å². The zero-order chi connectivity index (χ0) is 4.50. The summed E-state index contributed by atoms with van der Waals surface area (Å²) >= 11 is 0. The van der Waals surface area contributed by atoms with Gasteiger partial charge in [-0.25, -0.2) is 0 Å². The fraction of sp³-hybridized carbons (Fsp3) is 1.00. The van der Waals surface area contributed by atoms with Crippen molar-refractivity contribution in [3.63, 3.8) is 0 Å². The van der Waals surface area contributed by atoms with Crippen molar-refractivity contribution < 1.29 is 69.7 Å². The van der Waals surface area contributed by atoms with E-state index in [9.17, 15) is 13.2 Å². The molecular weight excluding hydrogens is 124 g/mol. The van der Waals surface area contributed by atoms with Crippen LogP contribution in [0.3, 0.4) is 0 Å². The molecule has 5 heteroatoms. The fourth-order valence-corrected chi connectivity index (χ4v) is 0. The number of hydrogen-bond acceptors (Lipinski definition) is 1. The Morgan fingerprint density at radius 1 is 1.17 bits per heavy atom. The maximum Gasteiger partial charge on any atom is 1.00 e. The second-order valence-corrected chi connectivity index (χ2v) is 0.446. The Bertz CT molecular complexity index is 26.3.